The summed E-state index contributed by atoms with van der Waals surface area (Å²) >= 11 is 7.29. The Labute approximate surface area is 99.7 Å². The Kier molecular flexibility index (Phi) is 4.52. The molecule has 15 heavy (non-hydrogen) atoms. The van der Waals surface area contributed by atoms with E-state index in [-0.39, 0.29) is 12.1 Å². The molecule has 0 aromatic carbocycles. The van der Waals surface area contributed by atoms with Crippen LogP contribution < -0.4 is 0 Å². The molecule has 0 aliphatic carbocycles. The molecule has 0 aliphatic heterocycles. The van der Waals surface area contributed by atoms with Gasteiger partial charge in [0.05, 0.1) is 24.7 Å². The molecule has 0 aliphatic rings. The van der Waals surface area contributed by atoms with Gasteiger partial charge in [0.15, 0.2) is 0 Å². The molecule has 5 heteroatoms. The number of hydrogen-bond acceptors (Lipinski definition) is 4. The lowest BCUT2D eigenvalue weighted by atomic mass is 10.1. The molecule has 3 nitrogen and oxygen atoms in total. The summed E-state index contributed by atoms with van der Waals surface area (Å²) in [7, 11) is 1.98. The summed E-state index contributed by atoms with van der Waals surface area (Å²) in [5, 5.41) is 12.2. The van der Waals surface area contributed by atoms with Gasteiger partial charge in [0.25, 0.3) is 0 Å². The van der Waals surface area contributed by atoms with Crippen LogP contribution in [0.1, 0.15) is 24.5 Å². The topological polar surface area (TPSA) is 36.4 Å². The number of likely N-dealkylation sites (N-methyl/N-ethyl adjacent to an activating group) is 1. The molecule has 1 N–H and O–H groups in total. The highest BCUT2D eigenvalue weighted by atomic mass is 35.5. The van der Waals surface area contributed by atoms with Crippen LogP contribution in [0.5, 0.6) is 0 Å². The molecule has 0 atom stereocenters. The van der Waals surface area contributed by atoms with Crippen LogP contribution in [-0.2, 0) is 12.4 Å². The number of nitrogens with zero attached hydrogens (tertiary/aromatic N) is 2. The van der Waals surface area contributed by atoms with Crippen LogP contribution in [0.2, 0.25) is 0 Å². The smallest absolute Gasteiger partial charge is 0.107 e. The maximum atomic E-state index is 9.21. The minimum atomic E-state index is -0.215. The van der Waals surface area contributed by atoms with E-state index in [1.54, 1.807) is 11.3 Å². The predicted molar refractivity (Wildman–Crippen MR) is 64.3 cm³/mol. The quantitative estimate of drug-likeness (QED) is 0.811. The van der Waals surface area contributed by atoms with Crippen molar-refractivity contribution in [3.8, 4) is 0 Å². The van der Waals surface area contributed by atoms with Crippen molar-refractivity contribution in [3.05, 3.63) is 16.1 Å². The third kappa shape index (κ3) is 3.41. The Morgan fingerprint density at radius 2 is 2.27 bits per heavy atom. The summed E-state index contributed by atoms with van der Waals surface area (Å²) in [6.45, 7) is 4.89. The number of aromatic nitrogens is 1. The van der Waals surface area contributed by atoms with Crippen molar-refractivity contribution in [1.29, 1.82) is 0 Å². The number of aliphatic hydroxyl groups excluding tert-OH is 1. The Balaban J connectivity index is 2.61. The number of aliphatic hydroxyl groups is 1. The molecule has 86 valence electrons. The van der Waals surface area contributed by atoms with Crippen molar-refractivity contribution in [2.75, 3.05) is 13.7 Å². The van der Waals surface area contributed by atoms with Gasteiger partial charge in [-0.2, -0.15) is 0 Å². The van der Waals surface area contributed by atoms with Crippen molar-refractivity contribution in [2.45, 2.75) is 31.8 Å². The van der Waals surface area contributed by atoms with E-state index in [2.05, 4.69) is 9.88 Å². The van der Waals surface area contributed by atoms with E-state index in [0.29, 0.717) is 5.88 Å². The Bertz CT molecular complexity index is 314. The molecule has 0 saturated carbocycles. The number of halogens is 1. The Hall–Kier alpha value is -0.160. The summed E-state index contributed by atoms with van der Waals surface area (Å²) in [5.41, 5.74) is 0.708. The summed E-state index contributed by atoms with van der Waals surface area (Å²) in [6, 6.07) is 0. The fraction of sp³-hybridized carbons (Fsp3) is 0.700. The fourth-order valence-electron chi connectivity index (χ4n) is 1.02. The highest BCUT2D eigenvalue weighted by Gasteiger charge is 2.23. The lowest BCUT2D eigenvalue weighted by Gasteiger charge is -2.33. The first-order valence-electron chi connectivity index (χ1n) is 4.81. The van der Waals surface area contributed by atoms with Crippen LogP contribution in [0, 0.1) is 0 Å². The lowest BCUT2D eigenvalue weighted by molar-refractivity contribution is 0.0733. The fourth-order valence-corrected chi connectivity index (χ4v) is 2.10. The Morgan fingerprint density at radius 3 is 2.73 bits per heavy atom. The first-order valence-corrected chi connectivity index (χ1v) is 6.22. The molecule has 1 aromatic rings. The van der Waals surface area contributed by atoms with Crippen LogP contribution in [0.4, 0.5) is 0 Å². The van der Waals surface area contributed by atoms with E-state index >= 15 is 0 Å². The largest absolute Gasteiger partial charge is 0.394 e. The second-order valence-electron chi connectivity index (χ2n) is 4.19. The summed E-state index contributed by atoms with van der Waals surface area (Å²) < 4.78 is 0. The summed E-state index contributed by atoms with van der Waals surface area (Å²) in [4.78, 5) is 6.47. The van der Waals surface area contributed by atoms with E-state index in [9.17, 15) is 5.11 Å². The van der Waals surface area contributed by atoms with Gasteiger partial charge in [-0.3, -0.25) is 4.90 Å². The molecule has 0 fully saturated rings. The van der Waals surface area contributed by atoms with Gasteiger partial charge in [-0.1, -0.05) is 0 Å². The maximum Gasteiger partial charge on any atom is 0.107 e. The average molecular weight is 249 g/mol. The minimum Gasteiger partial charge on any atom is -0.394 e. The number of alkyl halides is 1. The van der Waals surface area contributed by atoms with Crippen molar-refractivity contribution in [2.24, 2.45) is 0 Å². The first-order chi connectivity index (χ1) is 6.99. The Morgan fingerprint density at radius 1 is 1.60 bits per heavy atom. The molecular formula is C10H17ClN2OS. The van der Waals surface area contributed by atoms with E-state index in [1.165, 1.54) is 0 Å². The van der Waals surface area contributed by atoms with Gasteiger partial charge in [0.1, 0.15) is 5.01 Å². The van der Waals surface area contributed by atoms with E-state index < -0.39 is 0 Å². The number of hydrogen-bond donors (Lipinski definition) is 1. The number of rotatable bonds is 5. The molecule has 0 saturated heterocycles. The van der Waals surface area contributed by atoms with Crippen LogP contribution >= 0.6 is 22.9 Å². The molecule has 0 unspecified atom stereocenters. The zero-order valence-electron chi connectivity index (χ0n) is 9.33. The molecule has 0 amide bonds. The van der Waals surface area contributed by atoms with Crippen LogP contribution in [0.3, 0.4) is 0 Å². The van der Waals surface area contributed by atoms with Gasteiger partial charge in [-0.15, -0.1) is 22.9 Å². The average Bonchev–Trinajstić information content (AvgIpc) is 2.65. The van der Waals surface area contributed by atoms with Gasteiger partial charge in [0, 0.05) is 10.9 Å². The second-order valence-corrected chi connectivity index (χ2v) is 5.40. The minimum absolute atomic E-state index is 0.136. The third-order valence-electron chi connectivity index (χ3n) is 2.53. The van der Waals surface area contributed by atoms with E-state index in [4.69, 9.17) is 11.6 Å². The van der Waals surface area contributed by atoms with Crippen LogP contribution in [0.25, 0.3) is 0 Å². The highest BCUT2D eigenvalue weighted by molar-refractivity contribution is 7.09. The molecule has 1 aromatic heterocycles. The van der Waals surface area contributed by atoms with Crippen LogP contribution in [0.15, 0.2) is 5.38 Å². The van der Waals surface area contributed by atoms with E-state index in [1.807, 2.05) is 26.3 Å². The normalized spacial score (nSPS) is 12.4. The molecule has 0 spiro atoms. The molecule has 0 radical (unpaired) electrons. The van der Waals surface area contributed by atoms with Crippen molar-refractivity contribution >= 4 is 22.9 Å². The standard InChI is InChI=1S/C10H17ClN2OS/c1-10(2,7-14)13(3)5-9-12-8(4-11)6-15-9/h6,14H,4-5,7H2,1-3H3. The van der Waals surface area contributed by atoms with Gasteiger partial charge in [-0.05, 0) is 20.9 Å². The van der Waals surface area contributed by atoms with Gasteiger partial charge >= 0.3 is 0 Å². The monoisotopic (exact) mass is 248 g/mol. The highest BCUT2D eigenvalue weighted by Crippen LogP contribution is 2.18. The molecule has 0 bridgehead atoms. The third-order valence-corrected chi connectivity index (χ3v) is 3.69. The van der Waals surface area contributed by atoms with Crippen molar-refractivity contribution in [1.82, 2.24) is 9.88 Å². The van der Waals surface area contributed by atoms with Crippen LogP contribution in [-0.4, -0.2) is 34.2 Å². The SMILES string of the molecule is CN(Cc1nc(CCl)cs1)C(C)(C)CO. The van der Waals surface area contributed by atoms with Crippen molar-refractivity contribution < 1.29 is 5.11 Å². The van der Waals surface area contributed by atoms with Gasteiger partial charge in [0.2, 0.25) is 0 Å². The van der Waals surface area contributed by atoms with Crippen molar-refractivity contribution in [3.63, 3.8) is 0 Å². The van der Waals surface area contributed by atoms with E-state index in [0.717, 1.165) is 17.2 Å². The zero-order chi connectivity index (χ0) is 11.5. The maximum absolute atomic E-state index is 9.21. The first kappa shape index (κ1) is 12.9. The van der Waals surface area contributed by atoms with Gasteiger partial charge < -0.3 is 5.11 Å². The molecule has 1 rings (SSSR count). The summed E-state index contributed by atoms with van der Waals surface area (Å²) in [5.74, 6) is 0.462. The van der Waals surface area contributed by atoms with Gasteiger partial charge in [-0.25, -0.2) is 4.98 Å². The predicted octanol–water partition coefficient (Wildman–Crippen LogP) is 2.08. The lowest BCUT2D eigenvalue weighted by Crippen LogP contribution is -2.43. The molecular weight excluding hydrogens is 232 g/mol. The number of thiazole rings is 1. The molecule has 1 heterocycles. The zero-order valence-corrected chi connectivity index (χ0v) is 10.9. The second kappa shape index (κ2) is 5.25. The summed E-state index contributed by atoms with van der Waals surface area (Å²) in [6.07, 6.45) is 0.